The molecular weight excluding hydrogens is 278 g/mol. The summed E-state index contributed by atoms with van der Waals surface area (Å²) in [4.78, 5) is 33.3. The number of rotatable bonds is 7. The number of carboxylic acid groups (broad SMARTS) is 2. The molecule has 0 heterocycles. The molecule has 0 fully saturated rings. The number of hydrogen-bond donors (Lipinski definition) is 3. The Hall–Kier alpha value is -2.57. The zero-order valence-electron chi connectivity index (χ0n) is 11.7. The molecule has 2 atom stereocenters. The molecule has 1 amide bonds. The smallest absolute Gasteiger partial charge is 0.326 e. The second-order valence-electron chi connectivity index (χ2n) is 4.57. The quantitative estimate of drug-likeness (QED) is 0.686. The van der Waals surface area contributed by atoms with Crippen LogP contribution in [0, 0.1) is 6.92 Å². The van der Waals surface area contributed by atoms with Crippen LogP contribution in [0.1, 0.15) is 18.9 Å². The van der Waals surface area contributed by atoms with Gasteiger partial charge in [0.2, 0.25) is 0 Å². The Morgan fingerprint density at radius 2 is 1.95 bits per heavy atom. The van der Waals surface area contributed by atoms with Gasteiger partial charge in [-0.1, -0.05) is 12.1 Å². The predicted molar refractivity (Wildman–Crippen MR) is 73.1 cm³/mol. The van der Waals surface area contributed by atoms with E-state index in [0.29, 0.717) is 5.75 Å². The Bertz CT molecular complexity index is 542. The number of aryl methyl sites for hydroxylation is 1. The van der Waals surface area contributed by atoms with Crippen LogP contribution in [0.4, 0.5) is 0 Å². The first kappa shape index (κ1) is 16.5. The van der Waals surface area contributed by atoms with Crippen LogP contribution in [-0.4, -0.2) is 40.2 Å². The molecule has 1 rings (SSSR count). The van der Waals surface area contributed by atoms with Crippen molar-refractivity contribution in [3.8, 4) is 5.75 Å². The van der Waals surface area contributed by atoms with Gasteiger partial charge in [-0.25, -0.2) is 4.79 Å². The summed E-state index contributed by atoms with van der Waals surface area (Å²) in [5.41, 5.74) is 0.953. The lowest BCUT2D eigenvalue weighted by Crippen LogP contribution is -2.47. The molecule has 0 bridgehead atoms. The average molecular weight is 295 g/mol. The van der Waals surface area contributed by atoms with Gasteiger partial charge in [0.1, 0.15) is 11.8 Å². The minimum atomic E-state index is -1.49. The van der Waals surface area contributed by atoms with Gasteiger partial charge in [-0.05, 0) is 31.5 Å². The van der Waals surface area contributed by atoms with Crippen molar-refractivity contribution in [1.29, 1.82) is 0 Å². The molecule has 1 aromatic carbocycles. The number of nitrogens with one attached hydrogen (secondary N) is 1. The fraction of sp³-hybridized carbons (Fsp3) is 0.357. The zero-order chi connectivity index (χ0) is 16.0. The summed E-state index contributed by atoms with van der Waals surface area (Å²) in [6, 6.07) is 5.54. The molecule has 0 spiro atoms. The number of ether oxygens (including phenoxy) is 1. The topological polar surface area (TPSA) is 113 Å². The summed E-state index contributed by atoms with van der Waals surface area (Å²) in [5, 5.41) is 19.6. The zero-order valence-corrected chi connectivity index (χ0v) is 11.7. The highest BCUT2D eigenvalue weighted by atomic mass is 16.5. The lowest BCUT2D eigenvalue weighted by molar-refractivity contribution is -0.147. The minimum absolute atomic E-state index is 0.475. The molecule has 114 valence electrons. The van der Waals surface area contributed by atoms with Crippen molar-refractivity contribution in [1.82, 2.24) is 5.32 Å². The number of hydrogen-bond acceptors (Lipinski definition) is 4. The first-order chi connectivity index (χ1) is 9.79. The molecular formula is C14H17NO6. The van der Waals surface area contributed by atoms with Crippen LogP contribution in [0.15, 0.2) is 24.3 Å². The van der Waals surface area contributed by atoms with Crippen LogP contribution >= 0.6 is 0 Å². The third-order valence-corrected chi connectivity index (χ3v) is 2.66. The molecule has 0 radical (unpaired) electrons. The summed E-state index contributed by atoms with van der Waals surface area (Å²) < 4.78 is 5.39. The maximum Gasteiger partial charge on any atom is 0.326 e. The second-order valence-corrected chi connectivity index (χ2v) is 4.57. The second kappa shape index (κ2) is 7.28. The van der Waals surface area contributed by atoms with Gasteiger partial charge in [-0.15, -0.1) is 0 Å². The van der Waals surface area contributed by atoms with Gasteiger partial charge < -0.3 is 20.3 Å². The minimum Gasteiger partial charge on any atom is -0.481 e. The number of carboxylic acids is 2. The molecule has 3 N–H and O–H groups in total. The molecule has 0 aliphatic carbocycles. The normalized spacial score (nSPS) is 13.0. The lowest BCUT2D eigenvalue weighted by Gasteiger charge is -2.18. The number of aliphatic carboxylic acids is 2. The third-order valence-electron chi connectivity index (χ3n) is 2.66. The fourth-order valence-electron chi connectivity index (χ4n) is 1.61. The van der Waals surface area contributed by atoms with Crippen molar-refractivity contribution >= 4 is 17.8 Å². The van der Waals surface area contributed by atoms with Gasteiger partial charge in [0.05, 0.1) is 6.42 Å². The summed E-state index contributed by atoms with van der Waals surface area (Å²) in [6.45, 7) is 3.32. The number of amides is 1. The van der Waals surface area contributed by atoms with Crippen molar-refractivity contribution in [2.75, 3.05) is 0 Å². The van der Waals surface area contributed by atoms with Gasteiger partial charge in [0.15, 0.2) is 6.10 Å². The molecule has 1 aromatic rings. The van der Waals surface area contributed by atoms with Crippen molar-refractivity contribution in [2.45, 2.75) is 32.4 Å². The van der Waals surface area contributed by atoms with Crippen molar-refractivity contribution < 1.29 is 29.3 Å². The van der Waals surface area contributed by atoms with E-state index in [1.54, 1.807) is 18.2 Å². The van der Waals surface area contributed by atoms with Crippen LogP contribution in [0.5, 0.6) is 5.75 Å². The van der Waals surface area contributed by atoms with E-state index in [-0.39, 0.29) is 0 Å². The SMILES string of the molecule is Cc1cccc(OC(C)C(=O)NC(CC(=O)O)C(=O)O)c1. The van der Waals surface area contributed by atoms with Crippen LogP contribution in [0.25, 0.3) is 0 Å². The van der Waals surface area contributed by atoms with Gasteiger partial charge in [-0.3, -0.25) is 9.59 Å². The molecule has 7 heteroatoms. The summed E-state index contributed by atoms with van der Waals surface area (Å²) in [6.07, 6.45) is -1.64. The predicted octanol–water partition coefficient (Wildman–Crippen LogP) is 0.806. The van der Waals surface area contributed by atoms with E-state index in [2.05, 4.69) is 5.32 Å². The maximum absolute atomic E-state index is 11.8. The van der Waals surface area contributed by atoms with E-state index >= 15 is 0 Å². The Morgan fingerprint density at radius 1 is 1.29 bits per heavy atom. The van der Waals surface area contributed by atoms with Gasteiger partial charge in [0.25, 0.3) is 5.91 Å². The van der Waals surface area contributed by atoms with Crippen LogP contribution < -0.4 is 10.1 Å². The monoisotopic (exact) mass is 295 g/mol. The van der Waals surface area contributed by atoms with E-state index in [1.165, 1.54) is 6.92 Å². The highest BCUT2D eigenvalue weighted by molar-refractivity contribution is 5.88. The standard InChI is InChI=1S/C14H17NO6/c1-8-4-3-5-10(6-8)21-9(2)13(18)15-11(14(19)20)7-12(16)17/h3-6,9,11H,7H2,1-2H3,(H,15,18)(H,16,17)(H,19,20). The first-order valence-electron chi connectivity index (χ1n) is 6.28. The van der Waals surface area contributed by atoms with E-state index in [0.717, 1.165) is 5.56 Å². The number of carbonyl (C=O) groups is 3. The highest BCUT2D eigenvalue weighted by Crippen LogP contribution is 2.14. The first-order valence-corrected chi connectivity index (χ1v) is 6.28. The maximum atomic E-state index is 11.8. The van der Waals surface area contributed by atoms with Crippen molar-refractivity contribution in [3.63, 3.8) is 0 Å². The number of benzene rings is 1. The molecule has 0 aromatic heterocycles. The molecule has 0 saturated heterocycles. The summed E-state index contributed by atoms with van der Waals surface area (Å²) in [5.74, 6) is -2.93. The van der Waals surface area contributed by atoms with Gasteiger partial charge >= 0.3 is 11.9 Å². The summed E-state index contributed by atoms with van der Waals surface area (Å²) in [7, 11) is 0. The van der Waals surface area contributed by atoms with Crippen LogP contribution in [0.2, 0.25) is 0 Å². The van der Waals surface area contributed by atoms with Crippen molar-refractivity contribution in [2.24, 2.45) is 0 Å². The summed E-state index contributed by atoms with van der Waals surface area (Å²) >= 11 is 0. The van der Waals surface area contributed by atoms with Gasteiger partial charge in [0, 0.05) is 0 Å². The Morgan fingerprint density at radius 3 is 2.48 bits per heavy atom. The molecule has 2 unspecified atom stereocenters. The molecule has 21 heavy (non-hydrogen) atoms. The van der Waals surface area contributed by atoms with E-state index in [4.69, 9.17) is 14.9 Å². The van der Waals surface area contributed by atoms with Gasteiger partial charge in [-0.2, -0.15) is 0 Å². The molecule has 0 saturated carbocycles. The highest BCUT2D eigenvalue weighted by Gasteiger charge is 2.26. The van der Waals surface area contributed by atoms with E-state index in [9.17, 15) is 14.4 Å². The molecule has 0 aliphatic rings. The number of carbonyl (C=O) groups excluding carboxylic acids is 1. The van der Waals surface area contributed by atoms with E-state index < -0.39 is 36.4 Å². The Labute approximate surface area is 121 Å². The average Bonchev–Trinajstić information content (AvgIpc) is 2.37. The molecule has 7 nitrogen and oxygen atoms in total. The van der Waals surface area contributed by atoms with Crippen LogP contribution in [0.3, 0.4) is 0 Å². The lowest BCUT2D eigenvalue weighted by atomic mass is 10.2. The van der Waals surface area contributed by atoms with E-state index in [1.807, 2.05) is 13.0 Å². The largest absolute Gasteiger partial charge is 0.481 e. The van der Waals surface area contributed by atoms with Crippen LogP contribution in [-0.2, 0) is 14.4 Å². The molecule has 0 aliphatic heterocycles. The third kappa shape index (κ3) is 5.52. The van der Waals surface area contributed by atoms with Crippen molar-refractivity contribution in [3.05, 3.63) is 29.8 Å². The fourth-order valence-corrected chi connectivity index (χ4v) is 1.61. The Balaban J connectivity index is 2.64. The Kier molecular flexibility index (Phi) is 5.71.